The van der Waals surface area contributed by atoms with Crippen LogP contribution in [0.2, 0.25) is 0 Å². The first-order valence-corrected chi connectivity index (χ1v) is 11.9. The molecule has 0 radical (unpaired) electrons. The minimum absolute atomic E-state index is 0.0709. The Bertz CT molecular complexity index is 1190. The van der Waals surface area contributed by atoms with Gasteiger partial charge in [-0.2, -0.15) is 9.94 Å². The van der Waals surface area contributed by atoms with E-state index in [0.29, 0.717) is 31.6 Å². The zero-order chi connectivity index (χ0) is 23.5. The second kappa shape index (κ2) is 9.40. The zero-order valence-corrected chi connectivity index (χ0v) is 18.8. The molecular formula is C21H24N4O6S. The number of piperidine rings is 1. The van der Waals surface area contributed by atoms with Crippen LogP contribution in [-0.2, 0) is 14.6 Å². The molecule has 2 aromatic rings. The van der Waals surface area contributed by atoms with Crippen LogP contribution in [-0.4, -0.2) is 60.7 Å². The number of nitrogens with zero attached hydrogens (tertiary/aromatic N) is 4. The van der Waals surface area contributed by atoms with Crippen molar-refractivity contribution in [2.75, 3.05) is 19.3 Å². The van der Waals surface area contributed by atoms with Crippen LogP contribution in [0, 0.1) is 11.3 Å². The van der Waals surface area contributed by atoms with Crippen molar-refractivity contribution in [2.45, 2.75) is 43.8 Å². The summed E-state index contributed by atoms with van der Waals surface area (Å²) in [5, 5.41) is 13.6. The maximum atomic E-state index is 12.6. The quantitative estimate of drug-likeness (QED) is 0.661. The van der Waals surface area contributed by atoms with Crippen LogP contribution in [0.25, 0.3) is 5.69 Å². The molecule has 0 bridgehead atoms. The highest BCUT2D eigenvalue weighted by Crippen LogP contribution is 2.21. The van der Waals surface area contributed by atoms with Crippen molar-refractivity contribution in [3.8, 4) is 17.5 Å². The Labute approximate surface area is 185 Å². The first-order valence-electron chi connectivity index (χ1n) is 10.1. The molecule has 1 fully saturated rings. The van der Waals surface area contributed by atoms with Gasteiger partial charge in [-0.1, -0.05) is 0 Å². The fourth-order valence-corrected chi connectivity index (χ4v) is 3.87. The smallest absolute Gasteiger partial charge is 0.410 e. The number of aromatic nitrogens is 2. The van der Waals surface area contributed by atoms with E-state index in [0.717, 1.165) is 10.9 Å². The summed E-state index contributed by atoms with van der Waals surface area (Å²) in [5.74, 6) is 0.0738. The molecule has 11 heteroatoms. The summed E-state index contributed by atoms with van der Waals surface area (Å²) in [7, 11) is -3.38. The molecule has 0 unspecified atom stereocenters. The number of carbonyl (C=O) groups excluding carboxylic acids is 1. The molecule has 1 amide bonds. The summed E-state index contributed by atoms with van der Waals surface area (Å²) in [6.45, 7) is 4.45. The van der Waals surface area contributed by atoms with Gasteiger partial charge in [-0.25, -0.2) is 13.2 Å². The van der Waals surface area contributed by atoms with Crippen LogP contribution in [0.15, 0.2) is 40.0 Å². The number of rotatable bonds is 5. The number of amides is 1. The Balaban J connectivity index is 1.75. The monoisotopic (exact) mass is 460 g/mol. The lowest BCUT2D eigenvalue weighted by molar-refractivity contribution is 0.0514. The van der Waals surface area contributed by atoms with Crippen molar-refractivity contribution in [1.82, 2.24) is 14.7 Å². The molecule has 2 heterocycles. The first-order chi connectivity index (χ1) is 15.1. The molecule has 10 nitrogen and oxygen atoms in total. The van der Waals surface area contributed by atoms with Gasteiger partial charge in [0.25, 0.3) is 5.56 Å². The number of hydrogen-bond donors (Lipinski definition) is 0. The van der Waals surface area contributed by atoms with Gasteiger partial charge < -0.3 is 14.4 Å². The first kappa shape index (κ1) is 23.3. The van der Waals surface area contributed by atoms with Crippen LogP contribution >= 0.6 is 0 Å². The maximum absolute atomic E-state index is 12.6. The number of sulfone groups is 1. The molecule has 0 N–H and O–H groups in total. The molecule has 0 atom stereocenters. The van der Waals surface area contributed by atoms with Crippen molar-refractivity contribution in [1.29, 1.82) is 5.26 Å². The average Bonchev–Trinajstić information content (AvgIpc) is 2.73. The topological polar surface area (TPSA) is 132 Å². The molecule has 170 valence electrons. The summed E-state index contributed by atoms with van der Waals surface area (Å²) >= 11 is 0. The van der Waals surface area contributed by atoms with Gasteiger partial charge >= 0.3 is 6.09 Å². The largest absolute Gasteiger partial charge is 0.487 e. The van der Waals surface area contributed by atoms with Crippen LogP contribution < -0.4 is 10.3 Å². The molecule has 0 saturated carbocycles. The van der Waals surface area contributed by atoms with Gasteiger partial charge in [-0.05, 0) is 38.1 Å². The normalized spacial score (nSPS) is 14.8. The third-order valence-corrected chi connectivity index (χ3v) is 5.97. The van der Waals surface area contributed by atoms with Gasteiger partial charge in [-0.3, -0.25) is 4.79 Å². The molecule has 1 aromatic carbocycles. The summed E-state index contributed by atoms with van der Waals surface area (Å²) in [4.78, 5) is 26.3. The molecule has 0 aliphatic carbocycles. The lowest BCUT2D eigenvalue weighted by atomic mass is 10.1. The summed E-state index contributed by atoms with van der Waals surface area (Å²) < 4.78 is 35.3. The van der Waals surface area contributed by atoms with Crippen molar-refractivity contribution in [3.05, 3.63) is 46.4 Å². The molecule has 1 saturated heterocycles. The predicted molar refractivity (Wildman–Crippen MR) is 114 cm³/mol. The number of likely N-dealkylation sites (tertiary alicyclic amines) is 1. The number of benzene rings is 1. The van der Waals surface area contributed by atoms with E-state index in [4.69, 9.17) is 9.47 Å². The van der Waals surface area contributed by atoms with Crippen LogP contribution in [0.1, 0.15) is 32.4 Å². The van der Waals surface area contributed by atoms with Crippen molar-refractivity contribution < 1.29 is 22.7 Å². The van der Waals surface area contributed by atoms with E-state index >= 15 is 0 Å². The number of nitriles is 1. The van der Waals surface area contributed by atoms with Gasteiger partial charge in [0.2, 0.25) is 5.69 Å². The Morgan fingerprint density at radius 3 is 2.38 bits per heavy atom. The van der Waals surface area contributed by atoms with E-state index in [9.17, 15) is 23.3 Å². The summed E-state index contributed by atoms with van der Waals surface area (Å²) in [6, 6.07) is 8.74. The third kappa shape index (κ3) is 5.45. The SMILES string of the molecule is CC(C)OC(=O)N1CCC(Oc2cc(=O)n(-c3ccc(S(C)(=O)=O)cc3)nc2C#N)CC1. The fraction of sp³-hybridized carbons (Fsp3) is 0.429. The summed E-state index contributed by atoms with van der Waals surface area (Å²) in [5.41, 5.74) is -0.273. The van der Waals surface area contributed by atoms with Gasteiger partial charge in [0.15, 0.2) is 15.6 Å². The van der Waals surface area contributed by atoms with Crippen molar-refractivity contribution in [2.24, 2.45) is 0 Å². The Hall–Kier alpha value is -3.39. The maximum Gasteiger partial charge on any atom is 0.410 e. The van der Waals surface area contributed by atoms with Gasteiger partial charge in [0.1, 0.15) is 12.2 Å². The highest BCUT2D eigenvalue weighted by atomic mass is 32.2. The minimum atomic E-state index is -3.38. The van der Waals surface area contributed by atoms with E-state index in [2.05, 4.69) is 5.10 Å². The van der Waals surface area contributed by atoms with E-state index < -0.39 is 15.4 Å². The third-order valence-electron chi connectivity index (χ3n) is 4.84. The highest BCUT2D eigenvalue weighted by Gasteiger charge is 2.26. The lowest BCUT2D eigenvalue weighted by Crippen LogP contribution is -2.42. The standard InChI is InChI=1S/C21H24N4O6S/c1-14(2)30-21(27)24-10-8-16(9-11-24)31-19-12-20(26)25(23-18(19)13-22)15-4-6-17(7-5-15)32(3,28)29/h4-7,12,14,16H,8-11H2,1-3H3. The van der Waals surface area contributed by atoms with Crippen molar-refractivity contribution in [3.63, 3.8) is 0 Å². The number of hydrogen-bond acceptors (Lipinski definition) is 8. The van der Waals surface area contributed by atoms with E-state index in [1.54, 1.807) is 18.7 Å². The second-order valence-electron chi connectivity index (χ2n) is 7.72. The van der Waals surface area contributed by atoms with Crippen molar-refractivity contribution >= 4 is 15.9 Å². The second-order valence-corrected chi connectivity index (χ2v) is 9.74. The number of ether oxygens (including phenoxy) is 2. The van der Waals surface area contributed by atoms with E-state index in [1.807, 2.05) is 6.07 Å². The van der Waals surface area contributed by atoms with Crippen LogP contribution in [0.3, 0.4) is 0 Å². The molecule has 0 spiro atoms. The molecule has 32 heavy (non-hydrogen) atoms. The molecule has 1 aliphatic rings. The van der Waals surface area contributed by atoms with Crippen LogP contribution in [0.4, 0.5) is 4.79 Å². The molecular weight excluding hydrogens is 436 g/mol. The van der Waals surface area contributed by atoms with Gasteiger partial charge in [0, 0.05) is 32.2 Å². The average molecular weight is 461 g/mol. The fourth-order valence-electron chi connectivity index (χ4n) is 3.24. The van der Waals surface area contributed by atoms with Crippen LogP contribution in [0.5, 0.6) is 5.75 Å². The lowest BCUT2D eigenvalue weighted by Gasteiger charge is -2.32. The zero-order valence-electron chi connectivity index (χ0n) is 18.0. The Morgan fingerprint density at radius 2 is 1.84 bits per heavy atom. The molecule has 3 rings (SSSR count). The van der Waals surface area contributed by atoms with Gasteiger partial charge in [-0.15, -0.1) is 5.10 Å². The predicted octanol–water partition coefficient (Wildman–Crippen LogP) is 1.90. The van der Waals surface area contributed by atoms with E-state index in [-0.39, 0.29) is 34.6 Å². The number of carbonyl (C=O) groups is 1. The van der Waals surface area contributed by atoms with Gasteiger partial charge in [0.05, 0.1) is 22.8 Å². The highest BCUT2D eigenvalue weighted by molar-refractivity contribution is 7.90. The van der Waals surface area contributed by atoms with E-state index in [1.165, 1.54) is 30.3 Å². The minimum Gasteiger partial charge on any atom is -0.487 e. The Morgan fingerprint density at radius 1 is 1.22 bits per heavy atom. The molecule has 1 aromatic heterocycles. The molecule has 1 aliphatic heterocycles. The summed E-state index contributed by atoms with van der Waals surface area (Å²) in [6.07, 6.45) is 1.28. The Kier molecular flexibility index (Phi) is 6.84.